The molecular formula is C17H18N2O2. The lowest BCUT2D eigenvalue weighted by atomic mass is 9.95. The molecule has 2 aromatic carbocycles. The molecular weight excluding hydrogens is 264 g/mol. The highest BCUT2D eigenvalue weighted by Crippen LogP contribution is 2.22. The average molecular weight is 282 g/mol. The van der Waals surface area contributed by atoms with Crippen LogP contribution in [0.1, 0.15) is 28.3 Å². The van der Waals surface area contributed by atoms with Crippen LogP contribution in [0.4, 0.5) is 0 Å². The quantitative estimate of drug-likeness (QED) is 0.775. The van der Waals surface area contributed by atoms with Crippen LogP contribution in [0.3, 0.4) is 0 Å². The normalized spacial score (nSPS) is 12.7. The summed E-state index contributed by atoms with van der Waals surface area (Å²) < 4.78 is 5.09. The number of oxazole rings is 1. The maximum atomic E-state index is 11.2. The number of fused-ring (bicyclic) bond motifs is 1. The van der Waals surface area contributed by atoms with E-state index in [1.807, 2.05) is 18.2 Å². The molecule has 3 aromatic rings. The van der Waals surface area contributed by atoms with Gasteiger partial charge in [-0.15, -0.1) is 0 Å². The zero-order chi connectivity index (χ0) is 15.0. The predicted octanol–water partition coefficient (Wildman–Crippen LogP) is 2.98. The minimum absolute atomic E-state index is 0.130. The minimum atomic E-state index is -0.440. The molecule has 3 N–H and O–H groups in total. The molecule has 0 aliphatic rings. The molecule has 0 saturated carbocycles. The van der Waals surface area contributed by atoms with E-state index >= 15 is 0 Å². The van der Waals surface area contributed by atoms with Crippen LogP contribution in [0, 0.1) is 13.8 Å². The molecule has 0 radical (unpaired) electrons. The Labute approximate surface area is 122 Å². The molecule has 21 heavy (non-hydrogen) atoms. The molecule has 4 nitrogen and oxygen atoms in total. The Morgan fingerprint density at radius 2 is 2.00 bits per heavy atom. The molecule has 0 saturated heterocycles. The van der Waals surface area contributed by atoms with E-state index in [0.717, 1.165) is 12.0 Å². The first-order valence-electron chi connectivity index (χ1n) is 6.97. The van der Waals surface area contributed by atoms with Gasteiger partial charge in [-0.25, -0.2) is 4.79 Å². The van der Waals surface area contributed by atoms with Crippen LogP contribution in [0.2, 0.25) is 0 Å². The van der Waals surface area contributed by atoms with Gasteiger partial charge in [0.2, 0.25) is 0 Å². The number of nitrogens with one attached hydrogen (secondary N) is 1. The number of hydrogen-bond acceptors (Lipinski definition) is 3. The second-order valence-corrected chi connectivity index (χ2v) is 5.51. The van der Waals surface area contributed by atoms with E-state index in [-0.39, 0.29) is 6.04 Å². The van der Waals surface area contributed by atoms with Gasteiger partial charge in [-0.05, 0) is 49.1 Å². The van der Waals surface area contributed by atoms with E-state index in [4.69, 9.17) is 10.2 Å². The summed E-state index contributed by atoms with van der Waals surface area (Å²) in [5, 5.41) is 0. The molecule has 0 bridgehead atoms. The molecule has 3 rings (SSSR count). The van der Waals surface area contributed by atoms with Gasteiger partial charge >= 0.3 is 5.76 Å². The van der Waals surface area contributed by atoms with Crippen molar-refractivity contribution in [1.82, 2.24) is 4.98 Å². The number of benzene rings is 2. The number of rotatable bonds is 3. The van der Waals surface area contributed by atoms with Crippen LogP contribution in [0.25, 0.3) is 11.1 Å². The minimum Gasteiger partial charge on any atom is -0.408 e. The molecule has 0 fully saturated rings. The number of aromatic amines is 1. The molecule has 0 aliphatic heterocycles. The lowest BCUT2D eigenvalue weighted by Crippen LogP contribution is -2.14. The van der Waals surface area contributed by atoms with Crippen molar-refractivity contribution in [3.8, 4) is 0 Å². The first-order valence-corrected chi connectivity index (χ1v) is 6.97. The summed E-state index contributed by atoms with van der Waals surface area (Å²) in [7, 11) is 0. The van der Waals surface area contributed by atoms with Crippen molar-refractivity contribution in [3.05, 3.63) is 69.2 Å². The van der Waals surface area contributed by atoms with Gasteiger partial charge in [0.15, 0.2) is 5.58 Å². The molecule has 108 valence electrons. The Kier molecular flexibility index (Phi) is 3.39. The second kappa shape index (κ2) is 5.22. The van der Waals surface area contributed by atoms with Crippen molar-refractivity contribution in [2.24, 2.45) is 5.73 Å². The third-order valence-corrected chi connectivity index (χ3v) is 3.82. The first-order chi connectivity index (χ1) is 10.0. The summed E-state index contributed by atoms with van der Waals surface area (Å²) in [6.45, 7) is 4.17. The van der Waals surface area contributed by atoms with Crippen LogP contribution in [-0.2, 0) is 6.42 Å². The summed E-state index contributed by atoms with van der Waals surface area (Å²) in [6.07, 6.45) is 0.758. The zero-order valence-electron chi connectivity index (χ0n) is 12.1. The van der Waals surface area contributed by atoms with E-state index in [9.17, 15) is 4.79 Å². The van der Waals surface area contributed by atoms with E-state index in [1.54, 1.807) is 0 Å². The number of hydrogen-bond donors (Lipinski definition) is 2. The van der Waals surface area contributed by atoms with Crippen LogP contribution in [0.5, 0.6) is 0 Å². The lowest BCUT2D eigenvalue weighted by molar-refractivity contribution is 0.554. The first kappa shape index (κ1) is 13.6. The summed E-state index contributed by atoms with van der Waals surface area (Å²) in [5.74, 6) is -0.440. The Hall–Kier alpha value is -2.33. The molecule has 0 spiro atoms. The van der Waals surface area contributed by atoms with E-state index in [2.05, 4.69) is 37.0 Å². The van der Waals surface area contributed by atoms with Crippen molar-refractivity contribution in [3.63, 3.8) is 0 Å². The van der Waals surface area contributed by atoms with E-state index < -0.39 is 5.76 Å². The summed E-state index contributed by atoms with van der Waals surface area (Å²) in [6, 6.07) is 11.9. The third-order valence-electron chi connectivity index (χ3n) is 3.82. The van der Waals surface area contributed by atoms with Gasteiger partial charge in [0.05, 0.1) is 5.52 Å². The highest BCUT2D eigenvalue weighted by molar-refractivity contribution is 5.72. The van der Waals surface area contributed by atoms with Gasteiger partial charge in [0.1, 0.15) is 0 Å². The highest BCUT2D eigenvalue weighted by atomic mass is 16.4. The molecule has 0 aliphatic carbocycles. The Bertz CT molecular complexity index is 845. The fourth-order valence-corrected chi connectivity index (χ4v) is 2.57. The van der Waals surface area contributed by atoms with Crippen LogP contribution in [-0.4, -0.2) is 4.98 Å². The molecule has 0 amide bonds. The van der Waals surface area contributed by atoms with Crippen molar-refractivity contribution in [2.75, 3.05) is 0 Å². The van der Waals surface area contributed by atoms with Crippen molar-refractivity contribution in [1.29, 1.82) is 0 Å². The van der Waals surface area contributed by atoms with Crippen molar-refractivity contribution >= 4 is 11.1 Å². The predicted molar refractivity (Wildman–Crippen MR) is 83.4 cm³/mol. The molecule has 4 heteroatoms. The fourth-order valence-electron chi connectivity index (χ4n) is 2.57. The average Bonchev–Trinajstić information content (AvgIpc) is 2.81. The number of aryl methyl sites for hydroxylation is 2. The zero-order valence-corrected chi connectivity index (χ0v) is 12.1. The summed E-state index contributed by atoms with van der Waals surface area (Å²) in [4.78, 5) is 13.8. The van der Waals surface area contributed by atoms with Gasteiger partial charge in [0.25, 0.3) is 0 Å². The maximum Gasteiger partial charge on any atom is 0.417 e. The number of nitrogens with two attached hydrogens (primary N) is 1. The number of H-pyrrole nitrogens is 1. The van der Waals surface area contributed by atoms with E-state index in [1.165, 1.54) is 16.7 Å². The standard InChI is InChI=1S/C17H18N2O2/c1-10-3-4-11(2)13(7-10)8-14(18)12-5-6-15-16(9-12)21-17(20)19-15/h3-7,9,14H,8,18H2,1-2H3,(H,19,20). The Morgan fingerprint density at radius 3 is 2.81 bits per heavy atom. The summed E-state index contributed by atoms with van der Waals surface area (Å²) >= 11 is 0. The van der Waals surface area contributed by atoms with Crippen molar-refractivity contribution < 1.29 is 4.42 Å². The van der Waals surface area contributed by atoms with Crippen molar-refractivity contribution in [2.45, 2.75) is 26.3 Å². The lowest BCUT2D eigenvalue weighted by Gasteiger charge is -2.14. The molecule has 1 aromatic heterocycles. The molecule has 1 atom stereocenters. The van der Waals surface area contributed by atoms with Gasteiger partial charge in [-0.2, -0.15) is 0 Å². The van der Waals surface area contributed by atoms with Gasteiger partial charge in [0, 0.05) is 6.04 Å². The third kappa shape index (κ3) is 2.76. The SMILES string of the molecule is Cc1ccc(C)c(CC(N)c2ccc3[nH]c(=O)oc3c2)c1. The van der Waals surface area contributed by atoms with Gasteiger partial charge in [-0.3, -0.25) is 4.98 Å². The van der Waals surface area contributed by atoms with Crippen LogP contribution < -0.4 is 11.5 Å². The molecule has 1 heterocycles. The van der Waals surface area contributed by atoms with Crippen LogP contribution >= 0.6 is 0 Å². The van der Waals surface area contributed by atoms with Gasteiger partial charge in [-0.1, -0.05) is 29.8 Å². The largest absolute Gasteiger partial charge is 0.417 e. The Balaban J connectivity index is 1.90. The smallest absolute Gasteiger partial charge is 0.408 e. The van der Waals surface area contributed by atoms with Crippen LogP contribution in [0.15, 0.2) is 45.6 Å². The topological polar surface area (TPSA) is 72.0 Å². The molecule has 1 unspecified atom stereocenters. The Morgan fingerprint density at radius 1 is 1.19 bits per heavy atom. The maximum absolute atomic E-state index is 11.2. The fraction of sp³-hybridized carbons (Fsp3) is 0.235. The highest BCUT2D eigenvalue weighted by Gasteiger charge is 2.11. The second-order valence-electron chi connectivity index (χ2n) is 5.51. The number of aromatic nitrogens is 1. The van der Waals surface area contributed by atoms with E-state index in [0.29, 0.717) is 11.1 Å². The van der Waals surface area contributed by atoms with Gasteiger partial charge < -0.3 is 10.2 Å². The monoisotopic (exact) mass is 282 g/mol. The summed E-state index contributed by atoms with van der Waals surface area (Å²) in [5.41, 5.74) is 12.2.